The molecule has 28 heavy (non-hydrogen) atoms. The highest BCUT2D eigenvalue weighted by Gasteiger charge is 2.41. The van der Waals surface area contributed by atoms with Crippen LogP contribution in [0.4, 0.5) is 0 Å². The average Bonchev–Trinajstić information content (AvgIpc) is 3.00. The molecule has 0 N–H and O–H groups in total. The summed E-state index contributed by atoms with van der Waals surface area (Å²) in [5.41, 5.74) is 0.781. The van der Waals surface area contributed by atoms with E-state index in [1.54, 1.807) is 4.31 Å². The maximum Gasteiger partial charge on any atom is 0.226 e. The van der Waals surface area contributed by atoms with Crippen LogP contribution in [0.5, 0.6) is 0 Å². The van der Waals surface area contributed by atoms with Crippen LogP contribution in [0, 0.1) is 11.8 Å². The number of hydrogen-bond acceptors (Lipinski definition) is 5. The Labute approximate surface area is 166 Å². The van der Waals surface area contributed by atoms with E-state index in [9.17, 15) is 13.2 Å². The molecule has 2 atom stereocenters. The maximum absolute atomic E-state index is 13.1. The fraction of sp³-hybridized carbons (Fsp3) is 0.650. The van der Waals surface area contributed by atoms with Crippen LogP contribution in [0.15, 0.2) is 30.3 Å². The smallest absolute Gasteiger partial charge is 0.226 e. The number of fused-ring (bicyclic) bond motifs is 3. The SMILES string of the molecule is O=C(C1CCOCC1)N1C[C@H]2COC[C@@H]1CN(S(=O)(=O)Cc1ccccc1)C2. The lowest BCUT2D eigenvalue weighted by atomic mass is 9.97. The number of carbonyl (C=O) groups excluding carboxylic acids is 1. The summed E-state index contributed by atoms with van der Waals surface area (Å²) in [6.45, 7) is 3.40. The normalized spacial score (nSPS) is 27.4. The first-order chi connectivity index (χ1) is 13.5. The van der Waals surface area contributed by atoms with Crippen LogP contribution in [0.1, 0.15) is 18.4 Å². The van der Waals surface area contributed by atoms with Gasteiger partial charge in [0, 0.05) is 44.7 Å². The van der Waals surface area contributed by atoms with Crippen molar-refractivity contribution in [1.29, 1.82) is 0 Å². The minimum atomic E-state index is -3.46. The first-order valence-corrected chi connectivity index (χ1v) is 11.6. The number of nitrogens with zero attached hydrogens (tertiary/aromatic N) is 2. The van der Waals surface area contributed by atoms with Crippen molar-refractivity contribution in [1.82, 2.24) is 9.21 Å². The largest absolute Gasteiger partial charge is 0.381 e. The van der Waals surface area contributed by atoms with Gasteiger partial charge in [-0.3, -0.25) is 4.79 Å². The number of amides is 1. The van der Waals surface area contributed by atoms with Gasteiger partial charge in [0.05, 0.1) is 25.0 Å². The van der Waals surface area contributed by atoms with Crippen molar-refractivity contribution in [3.8, 4) is 0 Å². The van der Waals surface area contributed by atoms with Crippen molar-refractivity contribution >= 4 is 15.9 Å². The molecule has 0 spiro atoms. The Morgan fingerprint density at radius 1 is 1.00 bits per heavy atom. The lowest BCUT2D eigenvalue weighted by Crippen LogP contribution is -2.50. The summed E-state index contributed by atoms with van der Waals surface area (Å²) in [6, 6.07) is 9.02. The second kappa shape index (κ2) is 8.49. The maximum atomic E-state index is 13.1. The molecule has 1 amide bonds. The molecule has 7 nitrogen and oxygen atoms in total. The summed E-state index contributed by atoms with van der Waals surface area (Å²) in [5.74, 6) is 0.0950. The molecule has 0 radical (unpaired) electrons. The van der Waals surface area contributed by atoms with Gasteiger partial charge >= 0.3 is 0 Å². The molecule has 3 aliphatic rings. The van der Waals surface area contributed by atoms with Gasteiger partial charge in [-0.2, -0.15) is 4.31 Å². The average molecular weight is 409 g/mol. The third-order valence-electron chi connectivity index (χ3n) is 5.87. The van der Waals surface area contributed by atoms with Crippen LogP contribution in [-0.2, 0) is 30.0 Å². The zero-order valence-corrected chi connectivity index (χ0v) is 16.9. The van der Waals surface area contributed by atoms with Gasteiger partial charge in [-0.1, -0.05) is 30.3 Å². The minimum absolute atomic E-state index is 0.00170. The molecule has 2 bridgehead atoms. The summed E-state index contributed by atoms with van der Waals surface area (Å²) in [7, 11) is -3.46. The minimum Gasteiger partial charge on any atom is -0.381 e. The lowest BCUT2D eigenvalue weighted by molar-refractivity contribution is -0.141. The first kappa shape index (κ1) is 19.8. The Morgan fingerprint density at radius 3 is 2.50 bits per heavy atom. The lowest BCUT2D eigenvalue weighted by Gasteiger charge is -2.34. The van der Waals surface area contributed by atoms with Crippen molar-refractivity contribution in [3.63, 3.8) is 0 Å². The van der Waals surface area contributed by atoms with Crippen LogP contribution in [0.3, 0.4) is 0 Å². The van der Waals surface area contributed by atoms with E-state index < -0.39 is 10.0 Å². The second-order valence-corrected chi connectivity index (χ2v) is 9.96. The number of benzene rings is 1. The topological polar surface area (TPSA) is 76.2 Å². The first-order valence-electron chi connectivity index (χ1n) is 10.0. The molecule has 8 heteroatoms. The fourth-order valence-corrected chi connectivity index (χ4v) is 5.99. The molecule has 3 fully saturated rings. The number of hydrogen-bond donors (Lipinski definition) is 0. The van der Waals surface area contributed by atoms with Crippen molar-refractivity contribution in [2.75, 3.05) is 46.1 Å². The molecular weight excluding hydrogens is 380 g/mol. The number of ether oxygens (including phenoxy) is 2. The zero-order valence-electron chi connectivity index (χ0n) is 16.0. The Kier molecular flexibility index (Phi) is 6.01. The van der Waals surface area contributed by atoms with E-state index in [2.05, 4.69) is 0 Å². The van der Waals surface area contributed by atoms with Crippen LogP contribution < -0.4 is 0 Å². The summed E-state index contributed by atoms with van der Waals surface area (Å²) < 4.78 is 38.9. The van der Waals surface area contributed by atoms with Crippen molar-refractivity contribution in [3.05, 3.63) is 35.9 Å². The van der Waals surface area contributed by atoms with Gasteiger partial charge in [-0.15, -0.1) is 0 Å². The van der Waals surface area contributed by atoms with Crippen LogP contribution in [0.25, 0.3) is 0 Å². The molecule has 3 heterocycles. The van der Waals surface area contributed by atoms with E-state index in [1.165, 1.54) is 0 Å². The highest BCUT2D eigenvalue weighted by atomic mass is 32.2. The van der Waals surface area contributed by atoms with Crippen molar-refractivity contribution < 1.29 is 22.7 Å². The zero-order chi connectivity index (χ0) is 19.6. The van der Waals surface area contributed by atoms with E-state index in [0.717, 1.165) is 18.4 Å². The quantitative estimate of drug-likeness (QED) is 0.746. The van der Waals surface area contributed by atoms with Gasteiger partial charge in [-0.05, 0) is 18.4 Å². The van der Waals surface area contributed by atoms with Gasteiger partial charge < -0.3 is 14.4 Å². The predicted octanol–water partition coefficient (Wildman–Crippen LogP) is 1.10. The third-order valence-corrected chi connectivity index (χ3v) is 7.66. The molecular formula is C20H28N2O5S. The van der Waals surface area contributed by atoms with Crippen LogP contribution in [0.2, 0.25) is 0 Å². The van der Waals surface area contributed by atoms with Crippen molar-refractivity contribution in [2.45, 2.75) is 24.6 Å². The molecule has 0 aromatic heterocycles. The van der Waals surface area contributed by atoms with Crippen molar-refractivity contribution in [2.24, 2.45) is 11.8 Å². The van der Waals surface area contributed by atoms with E-state index in [0.29, 0.717) is 46.1 Å². The molecule has 4 rings (SSSR count). The summed E-state index contributed by atoms with van der Waals surface area (Å²) >= 11 is 0. The highest BCUT2D eigenvalue weighted by molar-refractivity contribution is 7.88. The standard InChI is InChI=1S/C20H28N2O5S/c23-20(18-6-8-26-9-7-18)22-11-17-10-21(12-19(22)14-27-13-17)28(24,25)15-16-4-2-1-3-5-16/h1-5,17-19H,6-15H2/t17-,19-/m0/s1. The number of carbonyl (C=O) groups is 1. The Hall–Kier alpha value is -1.48. The summed E-state index contributed by atoms with van der Waals surface area (Å²) in [6.07, 6.45) is 1.48. The van der Waals surface area contributed by atoms with Crippen LogP contribution >= 0.6 is 0 Å². The highest BCUT2D eigenvalue weighted by Crippen LogP contribution is 2.27. The molecule has 1 aromatic carbocycles. The summed E-state index contributed by atoms with van der Waals surface area (Å²) in [4.78, 5) is 15.0. The molecule has 0 saturated carbocycles. The molecule has 1 aromatic rings. The van der Waals surface area contributed by atoms with Gasteiger partial charge in [0.25, 0.3) is 0 Å². The van der Waals surface area contributed by atoms with Gasteiger partial charge in [0.15, 0.2) is 0 Å². The fourth-order valence-electron chi connectivity index (χ4n) is 4.35. The monoisotopic (exact) mass is 408 g/mol. The van der Waals surface area contributed by atoms with E-state index >= 15 is 0 Å². The van der Waals surface area contributed by atoms with E-state index in [-0.39, 0.29) is 29.5 Å². The Morgan fingerprint density at radius 2 is 1.75 bits per heavy atom. The van der Waals surface area contributed by atoms with Gasteiger partial charge in [-0.25, -0.2) is 8.42 Å². The molecule has 0 unspecified atom stereocenters. The summed E-state index contributed by atoms with van der Waals surface area (Å²) in [5, 5.41) is 0. The van der Waals surface area contributed by atoms with E-state index in [1.807, 2.05) is 35.2 Å². The van der Waals surface area contributed by atoms with Gasteiger partial charge in [0.1, 0.15) is 0 Å². The Balaban J connectivity index is 1.51. The molecule has 3 saturated heterocycles. The Bertz CT molecular complexity index is 779. The molecule has 3 aliphatic heterocycles. The van der Waals surface area contributed by atoms with Gasteiger partial charge in [0.2, 0.25) is 15.9 Å². The number of rotatable bonds is 4. The van der Waals surface area contributed by atoms with E-state index in [4.69, 9.17) is 9.47 Å². The number of sulfonamides is 1. The molecule has 154 valence electrons. The second-order valence-electron chi connectivity index (χ2n) is 7.99. The van der Waals surface area contributed by atoms with Crippen LogP contribution in [-0.4, -0.2) is 75.6 Å². The molecule has 0 aliphatic carbocycles. The predicted molar refractivity (Wildman–Crippen MR) is 104 cm³/mol. The third kappa shape index (κ3) is 4.40.